The van der Waals surface area contributed by atoms with Gasteiger partial charge in [-0.15, -0.1) is 0 Å². The summed E-state index contributed by atoms with van der Waals surface area (Å²) >= 11 is 0. The topological polar surface area (TPSA) is 15.7 Å². The van der Waals surface area contributed by atoms with Crippen LogP contribution in [0.1, 0.15) is 64.7 Å². The van der Waals surface area contributed by atoms with Crippen LogP contribution in [-0.4, -0.2) is 50.9 Å². The van der Waals surface area contributed by atoms with E-state index in [0.29, 0.717) is 6.61 Å². The SMILES string of the molecule is CCCCCCCCCCC=CCOC(N(C)C)N(C)C. The third-order valence-corrected chi connectivity index (χ3v) is 3.62. The zero-order chi connectivity index (χ0) is 15.9. The summed E-state index contributed by atoms with van der Waals surface area (Å²) in [6.45, 7) is 2.97. The zero-order valence-electron chi connectivity index (χ0n) is 15.1. The lowest BCUT2D eigenvalue weighted by molar-refractivity contribution is -0.109. The molecule has 0 aromatic carbocycles. The molecule has 0 aromatic heterocycles. The standard InChI is InChI=1S/C18H38N2O/c1-6-7-8-9-10-11-12-13-14-15-16-17-21-18(19(2)3)20(4)5/h15-16,18H,6-14,17H2,1-5H3. The van der Waals surface area contributed by atoms with Gasteiger partial charge >= 0.3 is 0 Å². The molecule has 0 fully saturated rings. The van der Waals surface area contributed by atoms with Crippen LogP contribution in [0.25, 0.3) is 0 Å². The Bertz CT molecular complexity index is 231. The summed E-state index contributed by atoms with van der Waals surface area (Å²) in [5.41, 5.74) is 0. The summed E-state index contributed by atoms with van der Waals surface area (Å²) in [7, 11) is 8.15. The third kappa shape index (κ3) is 13.0. The first-order valence-corrected chi connectivity index (χ1v) is 8.69. The normalized spacial score (nSPS) is 12.4. The van der Waals surface area contributed by atoms with Crippen molar-refractivity contribution in [3.05, 3.63) is 12.2 Å². The Balaban J connectivity index is 3.40. The smallest absolute Gasteiger partial charge is 0.167 e. The van der Waals surface area contributed by atoms with Crippen molar-refractivity contribution >= 4 is 0 Å². The fourth-order valence-corrected chi connectivity index (χ4v) is 2.48. The summed E-state index contributed by atoms with van der Waals surface area (Å²) in [6, 6.07) is 0. The first-order chi connectivity index (χ1) is 10.1. The number of allylic oxidation sites excluding steroid dienone is 1. The first-order valence-electron chi connectivity index (χ1n) is 8.69. The summed E-state index contributed by atoms with van der Waals surface area (Å²) in [6.07, 6.45) is 16.8. The van der Waals surface area contributed by atoms with E-state index in [1.807, 2.05) is 28.2 Å². The molecule has 0 atom stereocenters. The molecule has 0 spiro atoms. The number of hydrogen-bond donors (Lipinski definition) is 0. The lowest BCUT2D eigenvalue weighted by Crippen LogP contribution is -2.42. The van der Waals surface area contributed by atoms with Crippen LogP contribution in [0.15, 0.2) is 12.2 Å². The molecule has 0 aromatic rings. The van der Waals surface area contributed by atoms with Crippen molar-refractivity contribution in [3.63, 3.8) is 0 Å². The van der Waals surface area contributed by atoms with E-state index in [1.165, 1.54) is 57.8 Å². The molecule has 21 heavy (non-hydrogen) atoms. The van der Waals surface area contributed by atoms with Crippen LogP contribution in [-0.2, 0) is 4.74 Å². The highest BCUT2D eigenvalue weighted by atomic mass is 16.5. The highest BCUT2D eigenvalue weighted by molar-refractivity contribution is 4.81. The molecule has 0 heterocycles. The number of rotatable bonds is 14. The van der Waals surface area contributed by atoms with Gasteiger partial charge in [-0.1, -0.05) is 64.0 Å². The highest BCUT2D eigenvalue weighted by Gasteiger charge is 2.12. The minimum absolute atomic E-state index is 0.0535. The van der Waals surface area contributed by atoms with Crippen molar-refractivity contribution in [1.29, 1.82) is 0 Å². The van der Waals surface area contributed by atoms with Crippen molar-refractivity contribution in [3.8, 4) is 0 Å². The Labute approximate surface area is 133 Å². The maximum Gasteiger partial charge on any atom is 0.167 e. The minimum atomic E-state index is 0.0535. The van der Waals surface area contributed by atoms with Gasteiger partial charge in [0.05, 0.1) is 6.61 Å². The number of unbranched alkanes of at least 4 members (excludes halogenated alkanes) is 8. The van der Waals surface area contributed by atoms with Gasteiger partial charge in [-0.05, 0) is 41.0 Å². The molecule has 0 aliphatic carbocycles. The minimum Gasteiger partial charge on any atom is -0.345 e. The average molecular weight is 299 g/mol. The predicted molar refractivity (Wildman–Crippen MR) is 93.5 cm³/mol. The summed E-state index contributed by atoms with van der Waals surface area (Å²) in [4.78, 5) is 4.15. The lowest BCUT2D eigenvalue weighted by atomic mass is 10.1. The molecule has 0 radical (unpaired) electrons. The van der Waals surface area contributed by atoms with Crippen LogP contribution < -0.4 is 0 Å². The van der Waals surface area contributed by atoms with E-state index in [0.717, 1.165) is 0 Å². The van der Waals surface area contributed by atoms with Gasteiger partial charge in [0.15, 0.2) is 6.35 Å². The molecule has 0 amide bonds. The van der Waals surface area contributed by atoms with E-state index >= 15 is 0 Å². The third-order valence-electron chi connectivity index (χ3n) is 3.62. The van der Waals surface area contributed by atoms with Crippen LogP contribution >= 0.6 is 0 Å². The van der Waals surface area contributed by atoms with Crippen LogP contribution in [0.5, 0.6) is 0 Å². The molecule has 0 rings (SSSR count). The second kappa shape index (κ2) is 14.6. The van der Waals surface area contributed by atoms with Crippen LogP contribution in [0.2, 0.25) is 0 Å². The van der Waals surface area contributed by atoms with Gasteiger partial charge in [-0.25, -0.2) is 0 Å². The largest absolute Gasteiger partial charge is 0.345 e. The second-order valence-electron chi connectivity index (χ2n) is 6.32. The Kier molecular flexibility index (Phi) is 14.3. The second-order valence-corrected chi connectivity index (χ2v) is 6.32. The maximum absolute atomic E-state index is 5.81. The first kappa shape index (κ1) is 20.6. The molecule has 0 N–H and O–H groups in total. The van der Waals surface area contributed by atoms with Crippen molar-refractivity contribution in [2.45, 2.75) is 71.1 Å². The molecule has 126 valence electrons. The molecule has 3 heteroatoms. The van der Waals surface area contributed by atoms with Crippen LogP contribution in [0, 0.1) is 0 Å². The van der Waals surface area contributed by atoms with Crippen LogP contribution in [0.4, 0.5) is 0 Å². The summed E-state index contributed by atoms with van der Waals surface area (Å²) < 4.78 is 5.81. The predicted octanol–water partition coefficient (Wildman–Crippen LogP) is 4.50. The Morgan fingerprint density at radius 2 is 1.29 bits per heavy atom. The molecule has 0 saturated heterocycles. The fraction of sp³-hybridized carbons (Fsp3) is 0.889. The molecular formula is C18H38N2O. The van der Waals surface area contributed by atoms with Crippen molar-refractivity contribution < 1.29 is 4.74 Å². The molecule has 0 aliphatic rings. The van der Waals surface area contributed by atoms with E-state index in [1.54, 1.807) is 0 Å². The van der Waals surface area contributed by atoms with E-state index in [9.17, 15) is 0 Å². The Morgan fingerprint density at radius 3 is 1.81 bits per heavy atom. The van der Waals surface area contributed by atoms with Crippen LogP contribution in [0.3, 0.4) is 0 Å². The molecule has 0 unspecified atom stereocenters. The molecule has 0 bridgehead atoms. The summed E-state index contributed by atoms with van der Waals surface area (Å²) in [5.74, 6) is 0. The van der Waals surface area contributed by atoms with Gasteiger partial charge in [0.25, 0.3) is 0 Å². The number of nitrogens with zero attached hydrogens (tertiary/aromatic N) is 2. The fourth-order valence-electron chi connectivity index (χ4n) is 2.48. The van der Waals surface area contributed by atoms with Crippen molar-refractivity contribution in [2.24, 2.45) is 0 Å². The van der Waals surface area contributed by atoms with Gasteiger partial charge in [0.1, 0.15) is 0 Å². The number of ether oxygens (including phenoxy) is 1. The van der Waals surface area contributed by atoms with Gasteiger partial charge in [0, 0.05) is 0 Å². The molecular weight excluding hydrogens is 260 g/mol. The van der Waals surface area contributed by atoms with E-state index in [2.05, 4.69) is 28.9 Å². The monoisotopic (exact) mass is 298 g/mol. The van der Waals surface area contributed by atoms with E-state index < -0.39 is 0 Å². The van der Waals surface area contributed by atoms with Crippen molar-refractivity contribution in [1.82, 2.24) is 9.80 Å². The molecule has 0 aliphatic heterocycles. The lowest BCUT2D eigenvalue weighted by Gasteiger charge is -2.29. The quantitative estimate of drug-likeness (QED) is 0.267. The van der Waals surface area contributed by atoms with Gasteiger partial charge in [0.2, 0.25) is 0 Å². The highest BCUT2D eigenvalue weighted by Crippen LogP contribution is 2.09. The zero-order valence-corrected chi connectivity index (χ0v) is 15.1. The maximum atomic E-state index is 5.81. The van der Waals surface area contributed by atoms with E-state index in [4.69, 9.17) is 4.74 Å². The van der Waals surface area contributed by atoms with Crippen molar-refractivity contribution in [2.75, 3.05) is 34.8 Å². The van der Waals surface area contributed by atoms with Gasteiger partial charge in [-0.2, -0.15) is 0 Å². The van der Waals surface area contributed by atoms with E-state index in [-0.39, 0.29) is 6.35 Å². The van der Waals surface area contributed by atoms with Gasteiger partial charge < -0.3 is 4.74 Å². The Morgan fingerprint density at radius 1 is 0.762 bits per heavy atom. The molecule has 3 nitrogen and oxygen atoms in total. The average Bonchev–Trinajstić information content (AvgIpc) is 2.43. The number of hydrogen-bond acceptors (Lipinski definition) is 3. The summed E-state index contributed by atoms with van der Waals surface area (Å²) in [5, 5.41) is 0. The molecule has 0 saturated carbocycles. The van der Waals surface area contributed by atoms with Gasteiger partial charge in [-0.3, -0.25) is 9.80 Å². The Hall–Kier alpha value is -0.380.